The normalized spacial score (nSPS) is 10.6. The van der Waals surface area contributed by atoms with Gasteiger partial charge in [0.1, 0.15) is 0 Å². The summed E-state index contributed by atoms with van der Waals surface area (Å²) in [5, 5.41) is 0. The van der Waals surface area contributed by atoms with Crippen molar-refractivity contribution >= 4 is 11.1 Å². The summed E-state index contributed by atoms with van der Waals surface area (Å²) in [6.45, 7) is 0. The van der Waals surface area contributed by atoms with Crippen LogP contribution in [0.15, 0.2) is 35.2 Å². The van der Waals surface area contributed by atoms with Crippen LogP contribution >= 0.6 is 0 Å². The van der Waals surface area contributed by atoms with E-state index in [1.54, 1.807) is 30.3 Å². The molecule has 0 saturated carbocycles. The predicted molar refractivity (Wildman–Crippen MR) is 35.9 cm³/mol. The van der Waals surface area contributed by atoms with Gasteiger partial charge in [0, 0.05) is 4.90 Å². The quantitative estimate of drug-likeness (QED) is 0.353. The van der Waals surface area contributed by atoms with Gasteiger partial charge in [-0.1, -0.05) is 18.2 Å². The average Bonchev–Trinajstić information content (AvgIpc) is 1.90. The van der Waals surface area contributed by atoms with E-state index in [0.29, 0.717) is 4.90 Å². The summed E-state index contributed by atoms with van der Waals surface area (Å²) in [4.78, 5) is 0.331. The fraction of sp³-hybridized carbons (Fsp3) is 0. The summed E-state index contributed by atoms with van der Waals surface area (Å²) in [5.74, 6) is 0. The molecule has 0 amide bonds. The second kappa shape index (κ2) is 9.17. The van der Waals surface area contributed by atoms with Crippen molar-refractivity contribution in [3.63, 3.8) is 0 Å². The first kappa shape index (κ1) is 16.0. The number of benzene rings is 1. The first-order chi connectivity index (χ1) is 4.30. The predicted octanol–water partition coefficient (Wildman–Crippen LogP) is -4.84. The van der Waals surface area contributed by atoms with Crippen molar-refractivity contribution in [3.8, 4) is 0 Å². The Kier molecular flexibility index (Phi) is 13.4. The van der Waals surface area contributed by atoms with E-state index >= 15 is 0 Å². The summed E-state index contributed by atoms with van der Waals surface area (Å²) >= 11 is -2.08. The van der Waals surface area contributed by atoms with Crippen LogP contribution in [0.4, 0.5) is 0 Å². The van der Waals surface area contributed by atoms with Gasteiger partial charge in [0.2, 0.25) is 0 Å². The van der Waals surface area contributed by atoms with Gasteiger partial charge in [-0.05, 0) is 23.2 Å². The molecule has 2 nitrogen and oxygen atoms in total. The van der Waals surface area contributed by atoms with Gasteiger partial charge in [-0.15, -0.1) is 0 Å². The molecule has 0 N–H and O–H groups in total. The molecule has 0 aliphatic carbocycles. The molecular formula is C6H7K2O2S-. The van der Waals surface area contributed by atoms with E-state index in [1.807, 2.05) is 0 Å². The van der Waals surface area contributed by atoms with Crippen molar-refractivity contribution in [2.75, 3.05) is 0 Å². The molecule has 1 aromatic rings. The second-order valence-corrected chi connectivity index (χ2v) is 2.49. The molecule has 0 spiro atoms. The summed E-state index contributed by atoms with van der Waals surface area (Å²) in [6.07, 6.45) is 0. The van der Waals surface area contributed by atoms with Gasteiger partial charge in [0.25, 0.3) is 0 Å². The smallest absolute Gasteiger partial charge is 1.00 e. The zero-order valence-electron chi connectivity index (χ0n) is 8.61. The zero-order chi connectivity index (χ0) is 6.69. The third kappa shape index (κ3) is 6.64. The Hall–Kier alpha value is 2.60. The van der Waals surface area contributed by atoms with Crippen molar-refractivity contribution in [2.45, 2.75) is 4.90 Å². The number of hydrogen-bond acceptors (Lipinski definition) is 2. The molecule has 0 bridgehead atoms. The topological polar surface area (TPSA) is 40.1 Å². The van der Waals surface area contributed by atoms with Gasteiger partial charge in [-0.25, -0.2) is 0 Å². The minimum absolute atomic E-state index is 0. The maximum absolute atomic E-state index is 10.2. The standard InChI is InChI=1S/C6H6O2S.2K.2H/c7-9(8)6-4-2-1-3-5-6;;;;/h1-5H,(H,7,8);;;;/q;2*+1;2*-1/p-1. The first-order valence-electron chi connectivity index (χ1n) is 2.45. The van der Waals surface area contributed by atoms with Gasteiger partial charge in [-0.3, -0.25) is 4.21 Å². The summed E-state index contributed by atoms with van der Waals surface area (Å²) in [5.41, 5.74) is 0. The molecule has 1 aromatic carbocycles. The second-order valence-electron chi connectivity index (χ2n) is 1.55. The Morgan fingerprint density at radius 3 is 1.91 bits per heavy atom. The molecule has 0 saturated heterocycles. The minimum Gasteiger partial charge on any atom is -1.00 e. The molecule has 11 heavy (non-hydrogen) atoms. The summed E-state index contributed by atoms with van der Waals surface area (Å²) in [7, 11) is 0. The molecule has 1 atom stereocenters. The fourth-order valence-corrected chi connectivity index (χ4v) is 0.911. The van der Waals surface area contributed by atoms with E-state index in [0.717, 1.165) is 0 Å². The van der Waals surface area contributed by atoms with E-state index in [1.165, 1.54) is 0 Å². The van der Waals surface area contributed by atoms with E-state index in [-0.39, 0.29) is 106 Å². The number of rotatable bonds is 1. The molecule has 52 valence electrons. The van der Waals surface area contributed by atoms with Crippen molar-refractivity contribution < 1.29 is 114 Å². The summed E-state index contributed by atoms with van der Waals surface area (Å²) < 4.78 is 20.4. The SMILES string of the molecule is O=S([O-])c1ccccc1.[H-].[H-].[K+].[K+]. The van der Waals surface area contributed by atoms with Crippen LogP contribution in [0.1, 0.15) is 2.85 Å². The van der Waals surface area contributed by atoms with E-state index < -0.39 is 11.1 Å². The van der Waals surface area contributed by atoms with Crippen LogP contribution in [0, 0.1) is 0 Å². The third-order valence-corrected chi connectivity index (χ3v) is 1.59. The van der Waals surface area contributed by atoms with E-state index in [2.05, 4.69) is 0 Å². The molecular weight excluding hydrogens is 214 g/mol. The van der Waals surface area contributed by atoms with Crippen molar-refractivity contribution in [1.82, 2.24) is 0 Å². The van der Waals surface area contributed by atoms with Gasteiger partial charge in [0.15, 0.2) is 0 Å². The number of hydrogen-bond donors (Lipinski definition) is 0. The van der Waals surface area contributed by atoms with Crippen molar-refractivity contribution in [2.24, 2.45) is 0 Å². The minimum atomic E-state index is -2.08. The Bertz CT molecular complexity index is 223. The molecule has 0 radical (unpaired) electrons. The first-order valence-corrected chi connectivity index (χ1v) is 3.52. The Morgan fingerprint density at radius 1 is 1.18 bits per heavy atom. The molecule has 0 heterocycles. The maximum atomic E-state index is 10.2. The van der Waals surface area contributed by atoms with Crippen LogP contribution in [-0.2, 0) is 11.1 Å². The molecule has 0 aliphatic rings. The van der Waals surface area contributed by atoms with Crippen LogP contribution in [-0.4, -0.2) is 8.76 Å². The van der Waals surface area contributed by atoms with E-state index in [9.17, 15) is 8.76 Å². The molecule has 1 rings (SSSR count). The zero-order valence-corrected chi connectivity index (χ0v) is 13.7. The van der Waals surface area contributed by atoms with Crippen molar-refractivity contribution in [1.29, 1.82) is 0 Å². The van der Waals surface area contributed by atoms with Crippen LogP contribution in [0.25, 0.3) is 0 Å². The van der Waals surface area contributed by atoms with Crippen LogP contribution in [0.2, 0.25) is 0 Å². The largest absolute Gasteiger partial charge is 1.00 e. The van der Waals surface area contributed by atoms with Crippen LogP contribution in [0.3, 0.4) is 0 Å². The van der Waals surface area contributed by atoms with Gasteiger partial charge >= 0.3 is 103 Å². The molecule has 0 aromatic heterocycles. The van der Waals surface area contributed by atoms with Gasteiger partial charge < -0.3 is 7.41 Å². The summed E-state index contributed by atoms with van der Waals surface area (Å²) in [6, 6.07) is 8.23. The Labute approximate surface area is 157 Å². The Balaban J connectivity index is -0.000000101. The molecule has 1 unspecified atom stereocenters. The maximum Gasteiger partial charge on any atom is 1.00 e. The fourth-order valence-electron chi connectivity index (χ4n) is 0.532. The average molecular weight is 221 g/mol. The van der Waals surface area contributed by atoms with Crippen molar-refractivity contribution in [3.05, 3.63) is 30.3 Å². The Morgan fingerprint density at radius 2 is 1.64 bits per heavy atom. The van der Waals surface area contributed by atoms with Crippen LogP contribution in [0.5, 0.6) is 0 Å². The van der Waals surface area contributed by atoms with E-state index in [4.69, 9.17) is 0 Å². The van der Waals surface area contributed by atoms with Gasteiger partial charge in [-0.2, -0.15) is 0 Å². The third-order valence-electron chi connectivity index (χ3n) is 0.936. The molecule has 0 aliphatic heterocycles. The molecule has 5 heteroatoms. The van der Waals surface area contributed by atoms with Gasteiger partial charge in [0.05, 0.1) is 0 Å². The van der Waals surface area contributed by atoms with Crippen LogP contribution < -0.4 is 103 Å². The molecule has 0 fully saturated rings. The monoisotopic (exact) mass is 221 g/mol.